The van der Waals surface area contributed by atoms with Crippen LogP contribution in [0.25, 0.3) is 0 Å². The van der Waals surface area contributed by atoms with Gasteiger partial charge in [0.15, 0.2) is 6.61 Å². The number of nitriles is 1. The lowest BCUT2D eigenvalue weighted by atomic mass is 10.1. The molecule has 0 spiro atoms. The zero-order valence-electron chi connectivity index (χ0n) is 12.2. The number of piperidine rings is 1. The van der Waals surface area contributed by atoms with Gasteiger partial charge in [0.05, 0.1) is 17.7 Å². The molecular formula is C16H20N2O3. The van der Waals surface area contributed by atoms with Crippen molar-refractivity contribution in [1.82, 2.24) is 4.90 Å². The van der Waals surface area contributed by atoms with E-state index in [0.29, 0.717) is 11.3 Å². The molecule has 21 heavy (non-hydrogen) atoms. The van der Waals surface area contributed by atoms with Crippen molar-refractivity contribution in [2.24, 2.45) is 0 Å². The summed E-state index contributed by atoms with van der Waals surface area (Å²) in [6, 6.07) is 8.79. The summed E-state index contributed by atoms with van der Waals surface area (Å²) in [7, 11) is 0. The maximum atomic E-state index is 12.1. The van der Waals surface area contributed by atoms with Gasteiger partial charge < -0.3 is 14.4 Å². The van der Waals surface area contributed by atoms with E-state index < -0.39 is 0 Å². The van der Waals surface area contributed by atoms with Crippen LogP contribution in [0, 0.1) is 11.3 Å². The van der Waals surface area contributed by atoms with Gasteiger partial charge in [-0.2, -0.15) is 5.26 Å². The first kappa shape index (κ1) is 15.3. The molecule has 0 radical (unpaired) electrons. The summed E-state index contributed by atoms with van der Waals surface area (Å²) < 4.78 is 11.0. The van der Waals surface area contributed by atoms with Crippen LogP contribution in [0.1, 0.15) is 25.3 Å². The Morgan fingerprint density at radius 1 is 1.33 bits per heavy atom. The number of hydrogen-bond donors (Lipinski definition) is 0. The molecule has 0 saturated carbocycles. The van der Waals surface area contributed by atoms with Crippen LogP contribution < -0.4 is 4.74 Å². The molecule has 5 nitrogen and oxygen atoms in total. The van der Waals surface area contributed by atoms with Gasteiger partial charge in [0.25, 0.3) is 5.91 Å². The number of carbonyl (C=O) groups excluding carboxylic acids is 1. The molecule has 0 N–H and O–H groups in total. The van der Waals surface area contributed by atoms with Gasteiger partial charge >= 0.3 is 0 Å². The number of likely N-dealkylation sites (tertiary alicyclic amines) is 1. The highest BCUT2D eigenvalue weighted by molar-refractivity contribution is 5.77. The van der Waals surface area contributed by atoms with Crippen molar-refractivity contribution in [3.05, 3.63) is 29.8 Å². The summed E-state index contributed by atoms with van der Waals surface area (Å²) in [5, 5.41) is 8.71. The van der Waals surface area contributed by atoms with Crippen molar-refractivity contribution in [3.63, 3.8) is 0 Å². The van der Waals surface area contributed by atoms with Crippen molar-refractivity contribution in [2.45, 2.75) is 25.9 Å². The summed E-state index contributed by atoms with van der Waals surface area (Å²) in [6.07, 6.45) is 2.05. The molecule has 1 aromatic rings. The number of benzene rings is 1. The van der Waals surface area contributed by atoms with Crippen LogP contribution in [0.15, 0.2) is 24.3 Å². The van der Waals surface area contributed by atoms with Crippen LogP contribution in [0.3, 0.4) is 0 Å². The molecule has 0 unspecified atom stereocenters. The number of hydrogen-bond acceptors (Lipinski definition) is 4. The van der Waals surface area contributed by atoms with Crippen LogP contribution in [0.5, 0.6) is 5.75 Å². The van der Waals surface area contributed by atoms with E-state index in [1.54, 1.807) is 24.3 Å². The number of carbonyl (C=O) groups is 1. The molecular weight excluding hydrogens is 268 g/mol. The highest BCUT2D eigenvalue weighted by Crippen LogP contribution is 2.15. The number of nitrogens with zero attached hydrogens (tertiary/aromatic N) is 2. The highest BCUT2D eigenvalue weighted by Gasteiger charge is 2.23. The lowest BCUT2D eigenvalue weighted by molar-refractivity contribution is -0.135. The fourth-order valence-electron chi connectivity index (χ4n) is 2.37. The van der Waals surface area contributed by atoms with Crippen molar-refractivity contribution >= 4 is 5.91 Å². The third-order valence-corrected chi connectivity index (χ3v) is 3.54. The standard InChI is InChI=1S/C16H20N2O3/c1-2-20-15-7-9-18(10-8-15)16(19)12-21-14-5-3-13(11-17)4-6-14/h3-6,15H,2,7-10,12H2,1H3. The molecule has 1 saturated heterocycles. The first-order valence-corrected chi connectivity index (χ1v) is 7.25. The van der Waals surface area contributed by atoms with Crippen LogP contribution in [-0.4, -0.2) is 43.2 Å². The molecule has 0 aromatic heterocycles. The van der Waals surface area contributed by atoms with E-state index in [2.05, 4.69) is 0 Å². The minimum absolute atomic E-state index is 0.00527. The molecule has 112 valence electrons. The SMILES string of the molecule is CCOC1CCN(C(=O)COc2ccc(C#N)cc2)CC1. The third kappa shape index (κ3) is 4.47. The fraction of sp³-hybridized carbons (Fsp3) is 0.500. The van der Waals surface area contributed by atoms with Gasteiger partial charge in [-0.25, -0.2) is 0 Å². The molecule has 1 aliphatic heterocycles. The molecule has 1 fully saturated rings. The second kappa shape index (κ2) is 7.65. The fourth-order valence-corrected chi connectivity index (χ4v) is 2.37. The second-order valence-electron chi connectivity index (χ2n) is 4.96. The maximum Gasteiger partial charge on any atom is 0.260 e. The minimum atomic E-state index is -0.00527. The maximum absolute atomic E-state index is 12.1. The van der Waals surface area contributed by atoms with Gasteiger partial charge in [-0.05, 0) is 44.0 Å². The third-order valence-electron chi connectivity index (χ3n) is 3.54. The molecule has 0 bridgehead atoms. The topological polar surface area (TPSA) is 62.6 Å². The van der Waals surface area contributed by atoms with Gasteiger partial charge in [-0.1, -0.05) is 0 Å². The van der Waals surface area contributed by atoms with Gasteiger partial charge in [-0.15, -0.1) is 0 Å². The largest absolute Gasteiger partial charge is 0.484 e. The Labute approximate surface area is 125 Å². The van der Waals surface area contributed by atoms with Crippen molar-refractivity contribution in [2.75, 3.05) is 26.3 Å². The summed E-state index contributed by atoms with van der Waals surface area (Å²) in [5.74, 6) is 0.598. The molecule has 1 heterocycles. The molecule has 5 heteroatoms. The summed E-state index contributed by atoms with van der Waals surface area (Å²) in [4.78, 5) is 13.9. The Kier molecular flexibility index (Phi) is 5.59. The van der Waals surface area contributed by atoms with E-state index in [9.17, 15) is 4.79 Å². The predicted molar refractivity (Wildman–Crippen MR) is 77.9 cm³/mol. The molecule has 1 amide bonds. The Hall–Kier alpha value is -2.06. The van der Waals surface area contributed by atoms with Gasteiger partial charge in [0.1, 0.15) is 5.75 Å². The van der Waals surface area contributed by atoms with Gasteiger partial charge in [-0.3, -0.25) is 4.79 Å². The van der Waals surface area contributed by atoms with Crippen molar-refractivity contribution < 1.29 is 14.3 Å². The predicted octanol–water partition coefficient (Wildman–Crippen LogP) is 1.96. The average Bonchev–Trinajstić information content (AvgIpc) is 2.54. The van der Waals surface area contributed by atoms with E-state index in [1.807, 2.05) is 17.9 Å². The Morgan fingerprint density at radius 3 is 2.57 bits per heavy atom. The molecule has 1 aliphatic rings. The highest BCUT2D eigenvalue weighted by atomic mass is 16.5. The molecule has 0 aliphatic carbocycles. The molecule has 0 atom stereocenters. The Bertz CT molecular complexity index is 499. The van der Waals surface area contributed by atoms with Crippen LogP contribution in [-0.2, 0) is 9.53 Å². The van der Waals surface area contributed by atoms with Crippen LogP contribution >= 0.6 is 0 Å². The zero-order chi connectivity index (χ0) is 15.1. The van der Waals surface area contributed by atoms with Crippen molar-refractivity contribution in [3.8, 4) is 11.8 Å². The zero-order valence-corrected chi connectivity index (χ0v) is 12.2. The summed E-state index contributed by atoms with van der Waals surface area (Å²) in [6.45, 7) is 4.19. The van der Waals surface area contributed by atoms with E-state index in [0.717, 1.165) is 32.5 Å². The van der Waals surface area contributed by atoms with Crippen LogP contribution in [0.2, 0.25) is 0 Å². The van der Waals surface area contributed by atoms with E-state index >= 15 is 0 Å². The Balaban J connectivity index is 1.76. The number of ether oxygens (including phenoxy) is 2. The monoisotopic (exact) mass is 288 g/mol. The van der Waals surface area contributed by atoms with E-state index in [4.69, 9.17) is 14.7 Å². The lowest BCUT2D eigenvalue weighted by Gasteiger charge is -2.31. The van der Waals surface area contributed by atoms with Crippen LogP contribution in [0.4, 0.5) is 0 Å². The minimum Gasteiger partial charge on any atom is -0.484 e. The van der Waals surface area contributed by atoms with Gasteiger partial charge in [0, 0.05) is 19.7 Å². The molecule has 1 aromatic carbocycles. The number of amides is 1. The Morgan fingerprint density at radius 2 is 2.00 bits per heavy atom. The smallest absolute Gasteiger partial charge is 0.260 e. The van der Waals surface area contributed by atoms with Crippen molar-refractivity contribution in [1.29, 1.82) is 5.26 Å². The quantitative estimate of drug-likeness (QED) is 0.831. The normalized spacial score (nSPS) is 15.5. The van der Waals surface area contributed by atoms with E-state index in [1.165, 1.54) is 0 Å². The summed E-state index contributed by atoms with van der Waals surface area (Å²) >= 11 is 0. The summed E-state index contributed by atoms with van der Waals surface area (Å²) in [5.41, 5.74) is 0.576. The number of rotatable bonds is 5. The lowest BCUT2D eigenvalue weighted by Crippen LogP contribution is -2.43. The van der Waals surface area contributed by atoms with Gasteiger partial charge in [0.2, 0.25) is 0 Å². The average molecular weight is 288 g/mol. The second-order valence-corrected chi connectivity index (χ2v) is 4.96. The first-order valence-electron chi connectivity index (χ1n) is 7.25. The van der Waals surface area contributed by atoms with E-state index in [-0.39, 0.29) is 18.6 Å². The molecule has 2 rings (SSSR count). The first-order chi connectivity index (χ1) is 10.2.